The number of amides is 1. The number of hydrogen-bond donors (Lipinski definition) is 2. The normalized spacial score (nSPS) is 17.3. The van der Waals surface area contributed by atoms with Gasteiger partial charge in [0, 0.05) is 6.54 Å². The van der Waals surface area contributed by atoms with Crippen LogP contribution < -0.4 is 10.6 Å². The van der Waals surface area contributed by atoms with Crippen LogP contribution in [0.15, 0.2) is 0 Å². The van der Waals surface area contributed by atoms with Crippen molar-refractivity contribution >= 4 is 5.91 Å². The van der Waals surface area contributed by atoms with Crippen LogP contribution in [0.3, 0.4) is 0 Å². The van der Waals surface area contributed by atoms with Crippen molar-refractivity contribution in [2.45, 2.75) is 52.0 Å². The molecule has 0 spiro atoms. The molecule has 1 aliphatic carbocycles. The van der Waals surface area contributed by atoms with Crippen molar-refractivity contribution in [3.05, 3.63) is 0 Å². The van der Waals surface area contributed by atoms with E-state index in [1.54, 1.807) is 0 Å². The average Bonchev–Trinajstić information content (AvgIpc) is 2.08. The van der Waals surface area contributed by atoms with E-state index in [1.165, 1.54) is 19.3 Å². The Bertz CT molecular complexity index is 210. The van der Waals surface area contributed by atoms with Crippen LogP contribution in [0.5, 0.6) is 0 Å². The molecule has 0 heterocycles. The summed E-state index contributed by atoms with van der Waals surface area (Å²) in [5.41, 5.74) is -0.436. The topological polar surface area (TPSA) is 41.1 Å². The number of nitrogens with one attached hydrogen (secondary N) is 2. The quantitative estimate of drug-likeness (QED) is 0.703. The van der Waals surface area contributed by atoms with Crippen LogP contribution in [-0.4, -0.2) is 24.5 Å². The van der Waals surface area contributed by atoms with Gasteiger partial charge in [0.1, 0.15) is 0 Å². The van der Waals surface area contributed by atoms with Crippen LogP contribution in [0.25, 0.3) is 0 Å². The zero-order valence-corrected chi connectivity index (χ0v) is 10.2. The third-order valence-corrected chi connectivity index (χ3v) is 3.25. The van der Waals surface area contributed by atoms with Crippen molar-refractivity contribution < 1.29 is 4.79 Å². The highest BCUT2D eigenvalue weighted by molar-refractivity contribution is 5.85. The summed E-state index contributed by atoms with van der Waals surface area (Å²) in [7, 11) is 0. The first-order valence-corrected chi connectivity index (χ1v) is 6.09. The maximum absolute atomic E-state index is 11.8. The zero-order chi connectivity index (χ0) is 11.3. The minimum atomic E-state index is -0.436. The van der Waals surface area contributed by atoms with Gasteiger partial charge in [-0.1, -0.05) is 26.2 Å². The molecule has 0 saturated heterocycles. The Morgan fingerprint density at radius 1 is 1.40 bits per heavy atom. The molecule has 0 aliphatic heterocycles. The largest absolute Gasteiger partial charge is 0.355 e. The van der Waals surface area contributed by atoms with Crippen molar-refractivity contribution in [3.63, 3.8) is 0 Å². The van der Waals surface area contributed by atoms with E-state index in [-0.39, 0.29) is 5.91 Å². The van der Waals surface area contributed by atoms with E-state index in [0.29, 0.717) is 0 Å². The predicted octanol–water partition coefficient (Wildman–Crippen LogP) is 1.68. The minimum absolute atomic E-state index is 0.115. The second-order valence-electron chi connectivity index (χ2n) is 5.00. The van der Waals surface area contributed by atoms with Gasteiger partial charge < -0.3 is 10.6 Å². The molecule has 88 valence electrons. The maximum atomic E-state index is 11.8. The van der Waals surface area contributed by atoms with Crippen molar-refractivity contribution in [3.8, 4) is 0 Å². The first-order valence-electron chi connectivity index (χ1n) is 6.09. The van der Waals surface area contributed by atoms with E-state index in [1.807, 2.05) is 20.8 Å². The van der Waals surface area contributed by atoms with Crippen molar-refractivity contribution in [2.75, 3.05) is 13.1 Å². The molecule has 0 aromatic carbocycles. The number of carbonyl (C=O) groups is 1. The lowest BCUT2D eigenvalue weighted by Crippen LogP contribution is -2.52. The summed E-state index contributed by atoms with van der Waals surface area (Å²) in [5, 5.41) is 6.18. The number of carbonyl (C=O) groups excluding carboxylic acids is 1. The number of likely N-dealkylation sites (N-methyl/N-ethyl adjacent to an activating group) is 1. The summed E-state index contributed by atoms with van der Waals surface area (Å²) in [6.45, 7) is 7.52. The predicted molar refractivity (Wildman–Crippen MR) is 62.7 cm³/mol. The van der Waals surface area contributed by atoms with Crippen LogP contribution in [0.4, 0.5) is 0 Å². The van der Waals surface area contributed by atoms with Gasteiger partial charge >= 0.3 is 0 Å². The van der Waals surface area contributed by atoms with Gasteiger partial charge in [-0.2, -0.15) is 0 Å². The van der Waals surface area contributed by atoms with E-state index in [0.717, 1.165) is 25.4 Å². The molecule has 15 heavy (non-hydrogen) atoms. The van der Waals surface area contributed by atoms with E-state index in [4.69, 9.17) is 0 Å². The SMILES string of the molecule is CCNC(C)(C)C(=O)NCCC1CCC1. The lowest BCUT2D eigenvalue weighted by molar-refractivity contribution is -0.126. The van der Waals surface area contributed by atoms with Gasteiger partial charge in [-0.15, -0.1) is 0 Å². The van der Waals surface area contributed by atoms with Crippen molar-refractivity contribution in [2.24, 2.45) is 5.92 Å². The summed E-state index contributed by atoms with van der Waals surface area (Å²) in [4.78, 5) is 11.8. The fourth-order valence-electron chi connectivity index (χ4n) is 1.91. The highest BCUT2D eigenvalue weighted by Crippen LogP contribution is 2.28. The number of rotatable bonds is 6. The standard InChI is InChI=1S/C12H24N2O/c1-4-14-12(2,3)11(15)13-9-8-10-6-5-7-10/h10,14H,4-9H2,1-3H3,(H,13,15). The van der Waals surface area contributed by atoms with E-state index in [2.05, 4.69) is 10.6 Å². The third kappa shape index (κ3) is 3.82. The molecular weight excluding hydrogens is 188 g/mol. The second kappa shape index (κ2) is 5.50. The van der Waals surface area contributed by atoms with E-state index >= 15 is 0 Å². The van der Waals surface area contributed by atoms with Gasteiger partial charge in [-0.05, 0) is 32.7 Å². The second-order valence-corrected chi connectivity index (χ2v) is 5.00. The van der Waals surface area contributed by atoms with Gasteiger partial charge in [0.2, 0.25) is 5.91 Å². The number of hydrogen-bond acceptors (Lipinski definition) is 2. The molecule has 1 saturated carbocycles. The lowest BCUT2D eigenvalue weighted by atomic mass is 9.83. The summed E-state index contributed by atoms with van der Waals surface area (Å²) >= 11 is 0. The summed E-state index contributed by atoms with van der Waals surface area (Å²) in [6, 6.07) is 0. The van der Waals surface area contributed by atoms with Crippen LogP contribution in [-0.2, 0) is 4.79 Å². The monoisotopic (exact) mass is 212 g/mol. The van der Waals surface area contributed by atoms with Gasteiger partial charge in [0.25, 0.3) is 0 Å². The highest BCUT2D eigenvalue weighted by Gasteiger charge is 2.26. The fraction of sp³-hybridized carbons (Fsp3) is 0.917. The molecule has 0 bridgehead atoms. The Labute approximate surface area is 93.0 Å². The molecule has 0 atom stereocenters. The first-order chi connectivity index (χ1) is 7.06. The molecule has 2 N–H and O–H groups in total. The van der Waals surface area contributed by atoms with Crippen molar-refractivity contribution in [1.82, 2.24) is 10.6 Å². The van der Waals surface area contributed by atoms with Gasteiger partial charge in [-0.25, -0.2) is 0 Å². The van der Waals surface area contributed by atoms with Crippen LogP contribution in [0, 0.1) is 5.92 Å². The Morgan fingerprint density at radius 2 is 2.07 bits per heavy atom. The molecular formula is C12H24N2O. The van der Waals surface area contributed by atoms with Gasteiger partial charge in [-0.3, -0.25) is 4.79 Å². The van der Waals surface area contributed by atoms with Crippen LogP contribution in [0.2, 0.25) is 0 Å². The van der Waals surface area contributed by atoms with E-state index in [9.17, 15) is 4.79 Å². The minimum Gasteiger partial charge on any atom is -0.355 e. The molecule has 0 radical (unpaired) electrons. The fourth-order valence-corrected chi connectivity index (χ4v) is 1.91. The summed E-state index contributed by atoms with van der Waals surface area (Å²) in [6.07, 6.45) is 5.23. The smallest absolute Gasteiger partial charge is 0.239 e. The molecule has 1 aliphatic rings. The Balaban J connectivity index is 2.16. The summed E-state index contributed by atoms with van der Waals surface area (Å²) < 4.78 is 0. The van der Waals surface area contributed by atoms with Crippen LogP contribution >= 0.6 is 0 Å². The molecule has 3 nitrogen and oxygen atoms in total. The first kappa shape index (κ1) is 12.5. The molecule has 0 unspecified atom stereocenters. The molecule has 0 aromatic rings. The highest BCUT2D eigenvalue weighted by atomic mass is 16.2. The average molecular weight is 212 g/mol. The van der Waals surface area contributed by atoms with Gasteiger partial charge in [0.05, 0.1) is 5.54 Å². The summed E-state index contributed by atoms with van der Waals surface area (Å²) in [5.74, 6) is 0.983. The molecule has 0 aromatic heterocycles. The molecule has 1 rings (SSSR count). The Kier molecular flexibility index (Phi) is 4.58. The van der Waals surface area contributed by atoms with Crippen molar-refractivity contribution in [1.29, 1.82) is 0 Å². The maximum Gasteiger partial charge on any atom is 0.239 e. The van der Waals surface area contributed by atoms with Gasteiger partial charge in [0.15, 0.2) is 0 Å². The molecule has 3 heteroatoms. The third-order valence-electron chi connectivity index (χ3n) is 3.25. The van der Waals surface area contributed by atoms with E-state index < -0.39 is 5.54 Å². The zero-order valence-electron chi connectivity index (χ0n) is 10.2. The van der Waals surface area contributed by atoms with Crippen LogP contribution in [0.1, 0.15) is 46.5 Å². The Morgan fingerprint density at radius 3 is 2.53 bits per heavy atom. The molecule has 1 amide bonds. The Hall–Kier alpha value is -0.570. The molecule has 1 fully saturated rings. The lowest BCUT2D eigenvalue weighted by Gasteiger charge is -2.27.